The Balaban J connectivity index is 1.40. The fraction of sp³-hybridized carbons (Fsp3) is 0.367. The fourth-order valence-electron chi connectivity index (χ4n) is 5.27. The molecule has 41 heavy (non-hydrogen) atoms. The molecule has 4 N–H and O–H groups in total. The van der Waals surface area contributed by atoms with Crippen LogP contribution >= 0.6 is 0 Å². The van der Waals surface area contributed by atoms with Gasteiger partial charge in [0.05, 0.1) is 36.8 Å². The number of halogens is 1. The summed E-state index contributed by atoms with van der Waals surface area (Å²) in [7, 11) is 1.60. The molecule has 5 rings (SSSR count). The van der Waals surface area contributed by atoms with Crippen molar-refractivity contribution < 1.29 is 18.8 Å². The summed E-state index contributed by atoms with van der Waals surface area (Å²) in [4.78, 5) is 29.3. The van der Waals surface area contributed by atoms with Crippen molar-refractivity contribution in [2.24, 2.45) is 5.73 Å². The molecule has 1 amide bonds. The van der Waals surface area contributed by atoms with E-state index in [0.29, 0.717) is 47.4 Å². The predicted octanol–water partition coefficient (Wildman–Crippen LogP) is 4.48. The van der Waals surface area contributed by atoms with Gasteiger partial charge in [0.15, 0.2) is 5.82 Å². The summed E-state index contributed by atoms with van der Waals surface area (Å²) in [6, 6.07) is 10.8. The third-order valence-electron chi connectivity index (χ3n) is 7.63. The van der Waals surface area contributed by atoms with Crippen molar-refractivity contribution in [2.75, 3.05) is 47.4 Å². The first-order valence-corrected chi connectivity index (χ1v) is 13.8. The average molecular weight is 562 g/mol. The highest BCUT2D eigenvalue weighted by Crippen LogP contribution is 2.39. The standard InChI is InChI=1S/C30H36FN7O3/c1-4-30(39)36-24-15-25(27(40-3)16-26(24)37-11-8-21(32)9-12-37)35-28-17-29(34-18-33-28)38-22(10-13-41-38)14-20-6-5-7-23(31)19(20)2/h4-7,15-18,21-22H,1,8-14,32H2,2-3H3,(H,36,39)(H,33,34,35)/t22-/m1/s1. The quantitative estimate of drug-likeness (QED) is 0.325. The lowest BCUT2D eigenvalue weighted by Crippen LogP contribution is -2.40. The Morgan fingerprint density at radius 2 is 2.02 bits per heavy atom. The van der Waals surface area contributed by atoms with Crippen molar-refractivity contribution in [1.29, 1.82) is 0 Å². The largest absolute Gasteiger partial charge is 0.494 e. The van der Waals surface area contributed by atoms with Crippen molar-refractivity contribution in [2.45, 2.75) is 44.7 Å². The molecule has 3 aromatic rings. The van der Waals surface area contributed by atoms with E-state index in [0.717, 1.165) is 43.6 Å². The predicted molar refractivity (Wildman–Crippen MR) is 158 cm³/mol. The minimum Gasteiger partial charge on any atom is -0.494 e. The minimum atomic E-state index is -0.314. The van der Waals surface area contributed by atoms with Crippen LogP contribution in [0.4, 0.5) is 33.1 Å². The second kappa shape index (κ2) is 12.5. The van der Waals surface area contributed by atoms with E-state index in [4.69, 9.17) is 15.3 Å². The van der Waals surface area contributed by atoms with Gasteiger partial charge >= 0.3 is 0 Å². The van der Waals surface area contributed by atoms with Crippen molar-refractivity contribution in [3.63, 3.8) is 0 Å². The number of ether oxygens (including phenoxy) is 1. The van der Waals surface area contributed by atoms with Gasteiger partial charge in [-0.15, -0.1) is 0 Å². The van der Waals surface area contributed by atoms with Crippen LogP contribution in [0.3, 0.4) is 0 Å². The Hall–Kier alpha value is -4.22. The number of hydroxylamine groups is 1. The van der Waals surface area contributed by atoms with Crippen LogP contribution in [0, 0.1) is 12.7 Å². The van der Waals surface area contributed by atoms with E-state index in [1.807, 2.05) is 18.2 Å². The lowest BCUT2D eigenvalue weighted by molar-refractivity contribution is -0.111. The molecule has 1 aromatic heterocycles. The maximum Gasteiger partial charge on any atom is 0.247 e. The highest BCUT2D eigenvalue weighted by molar-refractivity contribution is 6.02. The van der Waals surface area contributed by atoms with Crippen LogP contribution in [-0.4, -0.2) is 54.8 Å². The molecule has 0 radical (unpaired) electrons. The molecule has 2 fully saturated rings. The van der Waals surface area contributed by atoms with Gasteiger partial charge in [0.2, 0.25) is 5.91 Å². The number of anilines is 5. The molecule has 2 aromatic carbocycles. The van der Waals surface area contributed by atoms with Crippen LogP contribution in [0.1, 0.15) is 30.4 Å². The first-order chi connectivity index (χ1) is 19.9. The number of hydrogen-bond acceptors (Lipinski definition) is 9. The van der Waals surface area contributed by atoms with Crippen LogP contribution in [0.2, 0.25) is 0 Å². The molecule has 11 heteroatoms. The third-order valence-corrected chi connectivity index (χ3v) is 7.63. The van der Waals surface area contributed by atoms with E-state index in [1.54, 1.807) is 31.2 Å². The molecule has 2 saturated heterocycles. The zero-order chi connectivity index (χ0) is 28.9. The monoisotopic (exact) mass is 561 g/mol. The summed E-state index contributed by atoms with van der Waals surface area (Å²) in [6.45, 7) is 7.46. The van der Waals surface area contributed by atoms with Crippen molar-refractivity contribution >= 4 is 34.6 Å². The number of hydrogen-bond donors (Lipinski definition) is 3. The van der Waals surface area contributed by atoms with Gasteiger partial charge in [0.25, 0.3) is 0 Å². The number of aromatic nitrogens is 2. The zero-order valence-corrected chi connectivity index (χ0v) is 23.4. The van der Waals surface area contributed by atoms with Gasteiger partial charge in [-0.2, -0.15) is 0 Å². The van der Waals surface area contributed by atoms with Gasteiger partial charge in [-0.1, -0.05) is 18.7 Å². The molecule has 0 saturated carbocycles. The van der Waals surface area contributed by atoms with Crippen molar-refractivity contribution in [3.05, 3.63) is 72.3 Å². The molecule has 2 aliphatic rings. The number of carbonyl (C=O) groups excluding carboxylic acids is 1. The summed E-state index contributed by atoms with van der Waals surface area (Å²) in [5.41, 5.74) is 9.78. The topological polar surface area (TPSA) is 118 Å². The molecular formula is C30H36FN7O3. The first-order valence-electron chi connectivity index (χ1n) is 13.8. The van der Waals surface area contributed by atoms with E-state index in [1.165, 1.54) is 18.5 Å². The minimum absolute atomic E-state index is 0.00884. The summed E-state index contributed by atoms with van der Waals surface area (Å²) < 4.78 is 19.9. The Morgan fingerprint density at radius 1 is 1.22 bits per heavy atom. The van der Waals surface area contributed by atoms with Crippen LogP contribution in [0.25, 0.3) is 0 Å². The van der Waals surface area contributed by atoms with Crippen LogP contribution in [0.5, 0.6) is 5.75 Å². The second-order valence-corrected chi connectivity index (χ2v) is 10.3. The first kappa shape index (κ1) is 28.3. The van der Waals surface area contributed by atoms with E-state index in [-0.39, 0.29) is 23.8 Å². The number of nitrogens with one attached hydrogen (secondary N) is 2. The lowest BCUT2D eigenvalue weighted by Gasteiger charge is -2.33. The molecule has 3 heterocycles. The van der Waals surface area contributed by atoms with E-state index < -0.39 is 0 Å². The lowest BCUT2D eigenvalue weighted by atomic mass is 9.99. The Bertz CT molecular complexity index is 1410. The van der Waals surface area contributed by atoms with Crippen molar-refractivity contribution in [3.8, 4) is 5.75 Å². The molecule has 216 valence electrons. The molecule has 0 spiro atoms. The smallest absolute Gasteiger partial charge is 0.247 e. The Morgan fingerprint density at radius 3 is 2.78 bits per heavy atom. The normalized spacial score (nSPS) is 17.4. The molecule has 2 aliphatic heterocycles. The summed E-state index contributed by atoms with van der Waals surface area (Å²) in [5.74, 6) is 1.16. The van der Waals surface area contributed by atoms with Gasteiger partial charge < -0.3 is 26.0 Å². The van der Waals surface area contributed by atoms with Gasteiger partial charge in [-0.3, -0.25) is 9.63 Å². The van der Waals surface area contributed by atoms with E-state index in [2.05, 4.69) is 32.1 Å². The number of carbonyl (C=O) groups is 1. The molecule has 0 bridgehead atoms. The number of rotatable bonds is 9. The number of nitrogens with zero attached hydrogens (tertiary/aromatic N) is 4. The molecule has 0 aliphatic carbocycles. The number of methoxy groups -OCH3 is 1. The molecule has 10 nitrogen and oxygen atoms in total. The molecule has 1 atom stereocenters. The highest BCUT2D eigenvalue weighted by atomic mass is 19.1. The van der Waals surface area contributed by atoms with Crippen LogP contribution in [-0.2, 0) is 16.1 Å². The number of piperidine rings is 1. The summed E-state index contributed by atoms with van der Waals surface area (Å²) in [6.07, 6.45) is 5.83. The maximum atomic E-state index is 14.1. The zero-order valence-electron chi connectivity index (χ0n) is 23.4. The molecule has 0 unspecified atom stereocenters. The fourth-order valence-corrected chi connectivity index (χ4v) is 5.27. The van der Waals surface area contributed by atoms with Gasteiger partial charge in [0.1, 0.15) is 23.7 Å². The Kier molecular flexibility index (Phi) is 8.65. The van der Waals surface area contributed by atoms with Gasteiger partial charge in [-0.05, 0) is 61.9 Å². The van der Waals surface area contributed by atoms with E-state index >= 15 is 0 Å². The maximum absolute atomic E-state index is 14.1. The van der Waals surface area contributed by atoms with E-state index in [9.17, 15) is 9.18 Å². The van der Waals surface area contributed by atoms with Gasteiger partial charge in [0, 0.05) is 31.3 Å². The second-order valence-electron chi connectivity index (χ2n) is 10.3. The van der Waals surface area contributed by atoms with Gasteiger partial charge in [-0.25, -0.2) is 19.4 Å². The Labute approximate surface area is 239 Å². The third kappa shape index (κ3) is 6.41. The highest BCUT2D eigenvalue weighted by Gasteiger charge is 2.29. The number of nitrogens with two attached hydrogens (primary N) is 1. The summed E-state index contributed by atoms with van der Waals surface area (Å²) in [5, 5.41) is 8.01. The van der Waals surface area contributed by atoms with Crippen molar-refractivity contribution in [1.82, 2.24) is 9.97 Å². The van der Waals surface area contributed by atoms with Crippen LogP contribution < -0.4 is 31.1 Å². The summed E-state index contributed by atoms with van der Waals surface area (Å²) >= 11 is 0. The van der Waals surface area contributed by atoms with Crippen LogP contribution in [0.15, 0.2) is 55.4 Å². The number of benzene rings is 2. The molecular weight excluding hydrogens is 525 g/mol. The average Bonchev–Trinajstić information content (AvgIpc) is 3.44. The number of amides is 1. The SMILES string of the molecule is C=CC(=O)Nc1cc(Nc2cc(N3OCC[C@@H]3Cc3cccc(F)c3C)ncn2)c(OC)cc1N1CCC(N)CC1.